The maximum Gasteiger partial charge on any atom is 0.177 e. The summed E-state index contributed by atoms with van der Waals surface area (Å²) in [6.07, 6.45) is 3.88. The van der Waals surface area contributed by atoms with Crippen LogP contribution in [0, 0.1) is 10.4 Å². The molecule has 1 unspecified atom stereocenters. The SMILES string of the molecule is CCCSC1N=C(N[C@H]2CC[C@@H](OCCN=O)C2)C(N)=C(N=N)N1. The average Bonchev–Trinajstić information content (AvgIpc) is 3.03. The lowest BCUT2D eigenvalue weighted by Gasteiger charge is -2.25. The van der Waals surface area contributed by atoms with Crippen LogP contribution in [-0.4, -0.2) is 42.4 Å². The number of nitrogens with one attached hydrogen (secondary N) is 3. The van der Waals surface area contributed by atoms with Crippen molar-refractivity contribution in [2.45, 2.75) is 50.3 Å². The Morgan fingerprint density at radius 3 is 3.08 bits per heavy atom. The zero-order valence-electron chi connectivity index (χ0n) is 13.8. The smallest absolute Gasteiger partial charge is 0.177 e. The molecule has 1 fully saturated rings. The fourth-order valence-electron chi connectivity index (χ4n) is 2.71. The molecule has 0 aromatic rings. The van der Waals surface area contributed by atoms with Gasteiger partial charge in [-0.25, -0.2) is 10.5 Å². The quantitative estimate of drug-likeness (QED) is 0.283. The number of amidine groups is 1. The number of hydrogen-bond acceptors (Lipinski definition) is 10. The van der Waals surface area contributed by atoms with E-state index in [1.54, 1.807) is 11.8 Å². The summed E-state index contributed by atoms with van der Waals surface area (Å²) in [5.74, 6) is 1.90. The molecule has 9 nitrogen and oxygen atoms in total. The van der Waals surface area contributed by atoms with Gasteiger partial charge in [0.05, 0.1) is 12.7 Å². The first kappa shape index (κ1) is 18.7. The first-order chi connectivity index (χ1) is 11.7. The Balaban J connectivity index is 1.93. The standard InChI is InChI=1S/C14H25N7O2S/c1-2-7-24-14-19-12(11(15)13(20-14)21-16)18-9-3-4-10(8-9)23-6-5-17-22/h9-10,14,16,20H,2-8,15H2,1H3,(H,18,19)/t9-,10+,14?/m0/s1. The van der Waals surface area contributed by atoms with Gasteiger partial charge in [-0.3, -0.25) is 0 Å². The molecule has 134 valence electrons. The van der Waals surface area contributed by atoms with Crippen LogP contribution in [0.3, 0.4) is 0 Å². The van der Waals surface area contributed by atoms with Gasteiger partial charge in [-0.2, -0.15) is 4.91 Å². The Labute approximate surface area is 145 Å². The van der Waals surface area contributed by atoms with Gasteiger partial charge in [-0.05, 0) is 31.4 Å². The van der Waals surface area contributed by atoms with E-state index in [1.807, 2.05) is 0 Å². The number of aliphatic imine (C=N–C) groups is 1. The Morgan fingerprint density at radius 2 is 2.38 bits per heavy atom. The number of hydrogen-bond donors (Lipinski definition) is 4. The zero-order chi connectivity index (χ0) is 17.4. The fourth-order valence-corrected chi connectivity index (χ4v) is 3.55. The van der Waals surface area contributed by atoms with Crippen LogP contribution >= 0.6 is 11.8 Å². The minimum atomic E-state index is -0.184. The van der Waals surface area contributed by atoms with Crippen molar-refractivity contribution in [3.63, 3.8) is 0 Å². The molecule has 1 saturated carbocycles. The molecule has 0 spiro atoms. The van der Waals surface area contributed by atoms with Crippen LogP contribution in [0.25, 0.3) is 0 Å². The average molecular weight is 355 g/mol. The molecular formula is C14H25N7O2S. The molecular weight excluding hydrogens is 330 g/mol. The summed E-state index contributed by atoms with van der Waals surface area (Å²) >= 11 is 1.66. The molecule has 0 saturated heterocycles. The van der Waals surface area contributed by atoms with E-state index in [0.717, 1.165) is 31.4 Å². The summed E-state index contributed by atoms with van der Waals surface area (Å²) in [6, 6.07) is 0.207. The van der Waals surface area contributed by atoms with Crippen molar-refractivity contribution in [1.82, 2.24) is 10.6 Å². The lowest BCUT2D eigenvalue weighted by Crippen LogP contribution is -2.43. The summed E-state index contributed by atoms with van der Waals surface area (Å²) in [6.45, 7) is 2.66. The van der Waals surface area contributed by atoms with Gasteiger partial charge in [0.15, 0.2) is 17.2 Å². The number of rotatable bonds is 9. The predicted molar refractivity (Wildman–Crippen MR) is 94.6 cm³/mol. The topological polar surface area (TPSA) is 137 Å². The van der Waals surface area contributed by atoms with E-state index in [1.165, 1.54) is 0 Å². The predicted octanol–water partition coefficient (Wildman–Crippen LogP) is 1.87. The van der Waals surface area contributed by atoms with Crippen LogP contribution in [0.5, 0.6) is 0 Å². The third kappa shape index (κ3) is 5.17. The molecule has 10 heteroatoms. The van der Waals surface area contributed by atoms with Gasteiger partial charge < -0.3 is 21.1 Å². The Hall–Kier alpha value is -1.68. The Bertz CT molecular complexity index is 511. The van der Waals surface area contributed by atoms with E-state index in [9.17, 15) is 4.91 Å². The number of nitrogens with zero attached hydrogens (tertiary/aromatic N) is 3. The van der Waals surface area contributed by atoms with Crippen LogP contribution < -0.4 is 16.4 Å². The minimum absolute atomic E-state index is 0.127. The van der Waals surface area contributed by atoms with Crippen molar-refractivity contribution in [2.75, 3.05) is 18.9 Å². The molecule has 0 bridgehead atoms. The van der Waals surface area contributed by atoms with Gasteiger partial charge >= 0.3 is 0 Å². The third-order valence-electron chi connectivity index (χ3n) is 3.87. The van der Waals surface area contributed by atoms with Gasteiger partial charge in [0.2, 0.25) is 0 Å². The van der Waals surface area contributed by atoms with Gasteiger partial charge in [0.1, 0.15) is 12.2 Å². The van der Waals surface area contributed by atoms with Crippen molar-refractivity contribution < 1.29 is 4.74 Å². The highest BCUT2D eigenvalue weighted by atomic mass is 32.2. The molecule has 1 aliphatic carbocycles. The molecule has 2 rings (SSSR count). The minimum Gasteiger partial charge on any atom is -0.393 e. The van der Waals surface area contributed by atoms with Crippen molar-refractivity contribution in [1.29, 1.82) is 5.53 Å². The monoisotopic (exact) mass is 355 g/mol. The van der Waals surface area contributed by atoms with Gasteiger partial charge in [-0.1, -0.05) is 12.1 Å². The van der Waals surface area contributed by atoms with Crippen LogP contribution in [0.15, 0.2) is 26.8 Å². The molecule has 5 N–H and O–H groups in total. The van der Waals surface area contributed by atoms with E-state index in [4.69, 9.17) is 16.0 Å². The zero-order valence-corrected chi connectivity index (χ0v) is 14.6. The van der Waals surface area contributed by atoms with Crippen molar-refractivity contribution >= 4 is 17.6 Å². The van der Waals surface area contributed by atoms with Crippen molar-refractivity contribution in [3.8, 4) is 0 Å². The molecule has 0 aromatic carbocycles. The maximum absolute atomic E-state index is 10.1. The summed E-state index contributed by atoms with van der Waals surface area (Å²) < 4.78 is 5.62. The van der Waals surface area contributed by atoms with E-state index in [0.29, 0.717) is 24.0 Å². The lowest BCUT2D eigenvalue weighted by atomic mass is 10.2. The van der Waals surface area contributed by atoms with Crippen molar-refractivity contribution in [2.24, 2.45) is 21.0 Å². The second kappa shape index (κ2) is 9.58. The fraction of sp³-hybridized carbons (Fsp3) is 0.786. The number of ether oxygens (including phenoxy) is 1. The highest BCUT2D eigenvalue weighted by Crippen LogP contribution is 2.24. The highest BCUT2D eigenvalue weighted by Gasteiger charge is 2.29. The van der Waals surface area contributed by atoms with E-state index >= 15 is 0 Å². The second-order valence-corrected chi connectivity index (χ2v) is 6.91. The number of nitrogens with two attached hydrogens (primary N) is 1. The van der Waals surface area contributed by atoms with Gasteiger partial charge in [0.25, 0.3) is 0 Å². The first-order valence-electron chi connectivity index (χ1n) is 8.18. The van der Waals surface area contributed by atoms with E-state index < -0.39 is 0 Å². The third-order valence-corrected chi connectivity index (χ3v) is 5.05. The first-order valence-corrected chi connectivity index (χ1v) is 9.23. The Morgan fingerprint density at radius 1 is 1.54 bits per heavy atom. The second-order valence-electron chi connectivity index (χ2n) is 5.72. The summed E-state index contributed by atoms with van der Waals surface area (Å²) in [4.78, 5) is 14.7. The lowest BCUT2D eigenvalue weighted by molar-refractivity contribution is 0.0629. The Kier molecular flexibility index (Phi) is 7.44. The highest BCUT2D eigenvalue weighted by molar-refractivity contribution is 7.99. The maximum atomic E-state index is 10.1. The van der Waals surface area contributed by atoms with Gasteiger partial charge in [0, 0.05) is 6.04 Å². The number of thioether (sulfide) groups is 1. The van der Waals surface area contributed by atoms with Gasteiger partial charge in [-0.15, -0.1) is 16.9 Å². The normalized spacial score (nSPS) is 26.7. The summed E-state index contributed by atoms with van der Waals surface area (Å²) in [7, 11) is 0. The summed E-state index contributed by atoms with van der Waals surface area (Å²) in [5.41, 5.74) is 13.5. The number of nitroso groups, excluding NO2 is 1. The van der Waals surface area contributed by atoms with Crippen LogP contribution in [-0.2, 0) is 4.74 Å². The van der Waals surface area contributed by atoms with Crippen LogP contribution in [0.2, 0.25) is 0 Å². The van der Waals surface area contributed by atoms with Crippen LogP contribution in [0.1, 0.15) is 32.6 Å². The molecule has 1 aliphatic heterocycles. The molecule has 0 radical (unpaired) electrons. The largest absolute Gasteiger partial charge is 0.393 e. The van der Waals surface area contributed by atoms with Crippen molar-refractivity contribution in [3.05, 3.63) is 16.4 Å². The van der Waals surface area contributed by atoms with E-state index in [-0.39, 0.29) is 24.2 Å². The molecule has 24 heavy (non-hydrogen) atoms. The summed E-state index contributed by atoms with van der Waals surface area (Å²) in [5, 5.41) is 12.7. The molecule has 0 amide bonds. The molecule has 2 aliphatic rings. The van der Waals surface area contributed by atoms with E-state index in [2.05, 4.69) is 32.8 Å². The molecule has 0 aromatic heterocycles. The molecule has 3 atom stereocenters. The molecule has 1 heterocycles. The van der Waals surface area contributed by atoms with Crippen LogP contribution in [0.4, 0.5) is 0 Å².